The van der Waals surface area contributed by atoms with Crippen LogP contribution in [0, 0.1) is 10.1 Å². The number of hydrogen-bond donors (Lipinski definition) is 1. The molecule has 0 aromatic heterocycles. The first kappa shape index (κ1) is 15.4. The predicted octanol–water partition coefficient (Wildman–Crippen LogP) is 2.12. The molecular weight excluding hydrogens is 274 g/mol. The summed E-state index contributed by atoms with van der Waals surface area (Å²) in [4.78, 5) is 13.0. The van der Waals surface area contributed by atoms with Crippen LogP contribution in [0.15, 0.2) is 12.1 Å². The van der Waals surface area contributed by atoms with Gasteiger partial charge in [-0.25, -0.2) is 0 Å². The lowest BCUT2D eigenvalue weighted by molar-refractivity contribution is -0.384. The van der Waals surface area contributed by atoms with Gasteiger partial charge < -0.3 is 19.7 Å². The van der Waals surface area contributed by atoms with Crippen LogP contribution in [0.4, 0.5) is 11.4 Å². The molecule has 0 unspecified atom stereocenters. The third kappa shape index (κ3) is 3.75. The third-order valence-corrected chi connectivity index (χ3v) is 3.65. The van der Waals surface area contributed by atoms with Gasteiger partial charge in [0.2, 0.25) is 0 Å². The summed E-state index contributed by atoms with van der Waals surface area (Å²) < 4.78 is 10.3. The first-order valence-corrected chi connectivity index (χ1v) is 6.91. The van der Waals surface area contributed by atoms with Crippen molar-refractivity contribution in [2.45, 2.75) is 18.9 Å². The summed E-state index contributed by atoms with van der Waals surface area (Å²) in [6, 6.07) is 3.66. The molecule has 0 spiro atoms. The Morgan fingerprint density at radius 3 is 2.48 bits per heavy atom. The van der Waals surface area contributed by atoms with Crippen LogP contribution in [-0.4, -0.2) is 50.2 Å². The van der Waals surface area contributed by atoms with Gasteiger partial charge in [-0.2, -0.15) is 0 Å². The van der Waals surface area contributed by atoms with E-state index in [2.05, 4.69) is 17.3 Å². The van der Waals surface area contributed by atoms with E-state index in [1.54, 1.807) is 6.07 Å². The zero-order valence-electron chi connectivity index (χ0n) is 12.6. The Kier molecular flexibility index (Phi) is 4.85. The van der Waals surface area contributed by atoms with Crippen molar-refractivity contribution in [3.8, 4) is 11.5 Å². The van der Waals surface area contributed by atoms with Crippen molar-refractivity contribution in [2.75, 3.05) is 39.7 Å². The topological polar surface area (TPSA) is 76.9 Å². The molecule has 0 amide bonds. The number of anilines is 1. The Labute approximate surface area is 124 Å². The molecular formula is C14H21N3O4. The molecule has 7 nitrogen and oxygen atoms in total. The molecule has 1 N–H and O–H groups in total. The maximum atomic E-state index is 11.2. The minimum absolute atomic E-state index is 0.0123. The third-order valence-electron chi connectivity index (χ3n) is 3.65. The molecule has 0 aliphatic heterocycles. The largest absolute Gasteiger partial charge is 0.493 e. The van der Waals surface area contributed by atoms with E-state index in [9.17, 15) is 10.1 Å². The first-order chi connectivity index (χ1) is 10.1. The number of nitro groups is 1. The van der Waals surface area contributed by atoms with Gasteiger partial charge in [0.05, 0.1) is 25.2 Å². The summed E-state index contributed by atoms with van der Waals surface area (Å²) >= 11 is 0. The summed E-state index contributed by atoms with van der Waals surface area (Å²) in [5.74, 6) is 0.825. The molecule has 0 heterocycles. The minimum atomic E-state index is -0.422. The average molecular weight is 295 g/mol. The van der Waals surface area contributed by atoms with Crippen LogP contribution < -0.4 is 14.8 Å². The van der Waals surface area contributed by atoms with Crippen LogP contribution in [0.2, 0.25) is 0 Å². The van der Waals surface area contributed by atoms with Gasteiger partial charge in [0.15, 0.2) is 11.5 Å². The summed E-state index contributed by atoms with van der Waals surface area (Å²) in [6.07, 6.45) is 2.49. The summed E-state index contributed by atoms with van der Waals surface area (Å²) in [5, 5.41) is 14.3. The lowest BCUT2D eigenvalue weighted by atomic mass is 10.2. The minimum Gasteiger partial charge on any atom is -0.493 e. The van der Waals surface area contributed by atoms with Gasteiger partial charge in [-0.3, -0.25) is 10.1 Å². The zero-order valence-corrected chi connectivity index (χ0v) is 12.6. The normalized spacial score (nSPS) is 14.1. The molecule has 1 aromatic rings. The van der Waals surface area contributed by atoms with Crippen molar-refractivity contribution >= 4 is 11.4 Å². The van der Waals surface area contributed by atoms with Crippen molar-refractivity contribution < 1.29 is 14.4 Å². The Morgan fingerprint density at radius 1 is 1.33 bits per heavy atom. The van der Waals surface area contributed by atoms with Crippen molar-refractivity contribution in [2.24, 2.45) is 0 Å². The molecule has 1 fully saturated rings. The van der Waals surface area contributed by atoms with Crippen molar-refractivity contribution in [1.82, 2.24) is 4.90 Å². The highest BCUT2D eigenvalue weighted by molar-refractivity contribution is 5.68. The van der Waals surface area contributed by atoms with Gasteiger partial charge in [0.1, 0.15) is 5.69 Å². The van der Waals surface area contributed by atoms with E-state index < -0.39 is 4.92 Å². The molecule has 0 radical (unpaired) electrons. The first-order valence-electron chi connectivity index (χ1n) is 6.91. The smallest absolute Gasteiger partial charge is 0.296 e. The lowest BCUT2D eigenvalue weighted by Gasteiger charge is -2.17. The van der Waals surface area contributed by atoms with Crippen molar-refractivity contribution in [3.63, 3.8) is 0 Å². The fourth-order valence-corrected chi connectivity index (χ4v) is 2.23. The van der Waals surface area contributed by atoms with E-state index in [1.165, 1.54) is 33.1 Å². The number of rotatable bonds is 8. The number of nitro benzene ring substituents is 1. The summed E-state index contributed by atoms with van der Waals surface area (Å²) in [6.45, 7) is 1.49. The molecule has 2 rings (SSSR count). The molecule has 0 bridgehead atoms. The van der Waals surface area contributed by atoms with E-state index in [0.717, 1.165) is 6.54 Å². The van der Waals surface area contributed by atoms with Gasteiger partial charge >= 0.3 is 0 Å². The van der Waals surface area contributed by atoms with Gasteiger partial charge in [-0.1, -0.05) is 0 Å². The second-order valence-electron chi connectivity index (χ2n) is 5.12. The highest BCUT2D eigenvalue weighted by Gasteiger charge is 2.25. The van der Waals surface area contributed by atoms with Gasteiger partial charge in [0, 0.05) is 25.2 Å². The van der Waals surface area contributed by atoms with Gasteiger partial charge in [0.25, 0.3) is 5.69 Å². The maximum absolute atomic E-state index is 11.2. The van der Waals surface area contributed by atoms with Crippen LogP contribution in [-0.2, 0) is 0 Å². The average Bonchev–Trinajstić information content (AvgIpc) is 3.30. The second kappa shape index (κ2) is 6.62. The van der Waals surface area contributed by atoms with Crippen molar-refractivity contribution in [3.05, 3.63) is 22.2 Å². The lowest BCUT2D eigenvalue weighted by Crippen LogP contribution is -2.27. The van der Waals surface area contributed by atoms with E-state index in [0.29, 0.717) is 29.8 Å². The van der Waals surface area contributed by atoms with Crippen LogP contribution in [0.5, 0.6) is 11.5 Å². The van der Waals surface area contributed by atoms with E-state index in [-0.39, 0.29) is 5.69 Å². The molecule has 0 saturated heterocycles. The number of nitrogens with zero attached hydrogens (tertiary/aromatic N) is 2. The predicted molar refractivity (Wildman–Crippen MR) is 80.3 cm³/mol. The zero-order chi connectivity index (χ0) is 15.4. The van der Waals surface area contributed by atoms with E-state index in [4.69, 9.17) is 9.47 Å². The Bertz CT molecular complexity index is 517. The Morgan fingerprint density at radius 2 is 1.95 bits per heavy atom. The quantitative estimate of drug-likeness (QED) is 0.585. The second-order valence-corrected chi connectivity index (χ2v) is 5.12. The molecule has 21 heavy (non-hydrogen) atoms. The number of ether oxygens (including phenoxy) is 2. The van der Waals surface area contributed by atoms with Crippen LogP contribution in [0.1, 0.15) is 12.8 Å². The molecule has 1 aliphatic carbocycles. The molecule has 1 aromatic carbocycles. The van der Waals surface area contributed by atoms with E-state index >= 15 is 0 Å². The fraction of sp³-hybridized carbons (Fsp3) is 0.571. The Balaban J connectivity index is 2.09. The van der Waals surface area contributed by atoms with E-state index in [1.807, 2.05) is 0 Å². The molecule has 116 valence electrons. The van der Waals surface area contributed by atoms with Crippen LogP contribution >= 0.6 is 0 Å². The highest BCUT2D eigenvalue weighted by atomic mass is 16.6. The Hall–Kier alpha value is -2.02. The monoisotopic (exact) mass is 295 g/mol. The maximum Gasteiger partial charge on any atom is 0.296 e. The van der Waals surface area contributed by atoms with Gasteiger partial charge in [-0.15, -0.1) is 0 Å². The summed E-state index contributed by atoms with van der Waals surface area (Å²) in [5.41, 5.74) is 0.434. The SMILES string of the molecule is COc1cc(NCCN(C)C2CC2)c([N+](=O)[O-])cc1OC. The number of nitrogens with one attached hydrogen (secondary N) is 1. The van der Waals surface area contributed by atoms with Crippen LogP contribution in [0.25, 0.3) is 0 Å². The number of likely N-dealkylation sites (N-methyl/N-ethyl adjacent to an activating group) is 1. The number of benzene rings is 1. The molecule has 1 saturated carbocycles. The standard InChI is InChI=1S/C14H21N3O4/c1-16(10-4-5-10)7-6-15-11-8-13(20-2)14(21-3)9-12(11)17(18)19/h8-10,15H,4-7H2,1-3H3. The number of methoxy groups -OCH3 is 2. The molecule has 1 aliphatic rings. The number of hydrogen-bond acceptors (Lipinski definition) is 6. The van der Waals surface area contributed by atoms with Crippen molar-refractivity contribution in [1.29, 1.82) is 0 Å². The summed E-state index contributed by atoms with van der Waals surface area (Å²) in [7, 11) is 5.04. The highest BCUT2D eigenvalue weighted by Crippen LogP contribution is 2.37. The molecule has 7 heteroatoms. The van der Waals surface area contributed by atoms with Gasteiger partial charge in [-0.05, 0) is 19.9 Å². The fourth-order valence-electron chi connectivity index (χ4n) is 2.23. The molecule has 0 atom stereocenters. The van der Waals surface area contributed by atoms with Crippen LogP contribution in [0.3, 0.4) is 0 Å².